The second-order valence-corrected chi connectivity index (χ2v) is 30.7. The molecule has 4 aromatic heterocycles. The van der Waals surface area contributed by atoms with E-state index < -0.39 is 0 Å². The monoisotopic (exact) mass is 1350 g/mol. The van der Waals surface area contributed by atoms with E-state index in [-0.39, 0.29) is 10.8 Å². The van der Waals surface area contributed by atoms with Crippen molar-refractivity contribution < 1.29 is 17.7 Å². The molecule has 106 heavy (non-hydrogen) atoms. The summed E-state index contributed by atoms with van der Waals surface area (Å²) in [5.41, 5.74) is 28.3. The lowest BCUT2D eigenvalue weighted by atomic mass is 9.78. The van der Waals surface area contributed by atoms with Gasteiger partial charge >= 0.3 is 0 Å². The minimum Gasteiger partial charge on any atom is -0.456 e. The van der Waals surface area contributed by atoms with Gasteiger partial charge in [-0.1, -0.05) is 258 Å². The van der Waals surface area contributed by atoms with Crippen molar-refractivity contribution in [2.24, 2.45) is 0 Å². The molecule has 0 spiro atoms. The summed E-state index contributed by atoms with van der Waals surface area (Å²) in [4.78, 5) is 0. The first kappa shape index (κ1) is 58.2. The van der Waals surface area contributed by atoms with Gasteiger partial charge in [-0.3, -0.25) is 0 Å². The second kappa shape index (κ2) is 20.8. The summed E-state index contributed by atoms with van der Waals surface area (Å²) < 4.78 is 28.1. The van der Waals surface area contributed by atoms with Crippen LogP contribution in [0.25, 0.3) is 230 Å². The third kappa shape index (κ3) is 7.66. The summed E-state index contributed by atoms with van der Waals surface area (Å²) in [6.45, 7) is 9.57. The number of hydrogen-bond donors (Lipinski definition) is 0. The maximum Gasteiger partial charge on any atom is 0.143 e. The van der Waals surface area contributed by atoms with E-state index in [1.54, 1.807) is 0 Å². The lowest BCUT2D eigenvalue weighted by Crippen LogP contribution is -2.15. The van der Waals surface area contributed by atoms with Crippen LogP contribution >= 0.6 is 0 Å². The van der Waals surface area contributed by atoms with Crippen LogP contribution in [0.15, 0.2) is 321 Å². The van der Waals surface area contributed by atoms with E-state index in [1.807, 2.05) is 6.07 Å². The Morgan fingerprint density at radius 3 is 1.30 bits per heavy atom. The van der Waals surface area contributed by atoms with Crippen molar-refractivity contribution in [2.45, 2.75) is 38.5 Å². The number of rotatable bonds is 5. The molecule has 0 bridgehead atoms. The number of para-hydroxylation sites is 1. The van der Waals surface area contributed by atoms with Crippen molar-refractivity contribution in [2.75, 3.05) is 0 Å². The summed E-state index contributed by atoms with van der Waals surface area (Å²) >= 11 is 0. The number of benzene rings is 18. The van der Waals surface area contributed by atoms with E-state index in [1.165, 1.54) is 126 Å². The fourth-order valence-electron chi connectivity index (χ4n) is 19.9. The van der Waals surface area contributed by atoms with Crippen LogP contribution in [0.5, 0.6) is 0 Å². The minimum absolute atomic E-state index is 0.254. The van der Waals surface area contributed by atoms with Gasteiger partial charge in [-0.15, -0.1) is 0 Å². The molecule has 2 aliphatic rings. The summed E-state index contributed by atoms with van der Waals surface area (Å²) in [5, 5.41) is 23.1. The molecular weight excluding hydrogens is 1290 g/mol. The Bertz CT molecular complexity index is 7650. The molecule has 18 aromatic carbocycles. The Labute approximate surface area is 608 Å². The molecule has 0 saturated heterocycles. The van der Waals surface area contributed by atoms with Gasteiger partial charge in [-0.2, -0.15) is 0 Å². The molecule has 0 aliphatic heterocycles. The standard InChI is InChI=1S/C102H62O4/c1-101(2)81-35-19-16-33-74(81)94-82(101)54-79-92-61-22-6-5-21-55(61)39-47-86(92)105-99(79)96(94)93-72-31-13-9-27-68(72)90(69-28-10-14-32-73(69)93)60-42-46-85-76(51-60)65-44-38-57(52-88(65)104-85)56-37-43-62-58(49-56)40-48-87-95(62)97-98-77(63-23-15-18-34-80(63)102(98,3)4)53-78(100(97)106-87)91-70-29-11-7-25-66(70)89(67-26-8-12-30-71(67)91)59-41-45-84-75(50-59)64-24-17-20-36-83(64)103-84/h5-54H,1-4H3. The molecule has 24 rings (SSSR count). The Balaban J connectivity index is 0.660. The van der Waals surface area contributed by atoms with Crippen LogP contribution in [0, 0.1) is 0 Å². The van der Waals surface area contributed by atoms with Crippen LogP contribution in [-0.4, -0.2) is 0 Å². The molecule has 0 atom stereocenters. The first-order valence-electron chi connectivity index (χ1n) is 36.9. The Kier molecular flexibility index (Phi) is 11.4. The predicted octanol–water partition coefficient (Wildman–Crippen LogP) is 29.2. The zero-order chi connectivity index (χ0) is 69.7. The third-order valence-electron chi connectivity index (χ3n) is 24.6. The zero-order valence-electron chi connectivity index (χ0n) is 58.5. The molecule has 0 amide bonds. The quantitative estimate of drug-likeness (QED) is 0.161. The van der Waals surface area contributed by atoms with Gasteiger partial charge in [0.05, 0.1) is 0 Å². The van der Waals surface area contributed by atoms with Crippen molar-refractivity contribution in [3.63, 3.8) is 0 Å². The van der Waals surface area contributed by atoms with Gasteiger partial charge < -0.3 is 17.7 Å². The van der Waals surface area contributed by atoms with E-state index in [9.17, 15) is 0 Å². The fourth-order valence-corrected chi connectivity index (χ4v) is 19.9. The highest BCUT2D eigenvalue weighted by atomic mass is 16.3. The molecule has 0 fully saturated rings. The topological polar surface area (TPSA) is 52.6 Å². The Morgan fingerprint density at radius 2 is 0.651 bits per heavy atom. The summed E-state index contributed by atoms with van der Waals surface area (Å²) in [6.07, 6.45) is 0. The van der Waals surface area contributed by atoms with Crippen LogP contribution in [0.2, 0.25) is 0 Å². The first-order valence-corrected chi connectivity index (χ1v) is 36.9. The largest absolute Gasteiger partial charge is 0.456 e. The summed E-state index contributed by atoms with van der Waals surface area (Å²) in [7, 11) is 0. The average molecular weight is 1350 g/mol. The van der Waals surface area contributed by atoms with E-state index >= 15 is 0 Å². The maximum absolute atomic E-state index is 7.49. The van der Waals surface area contributed by atoms with Crippen LogP contribution in [-0.2, 0) is 10.8 Å². The van der Waals surface area contributed by atoms with Crippen molar-refractivity contribution in [1.29, 1.82) is 0 Å². The SMILES string of the molecule is CC1(C)c2ccccc2-c2c1cc1c(oc3ccc4ccccc4c31)c2-c1c2ccccc2c(-c2ccc3oc4cc(-c5ccc6c(ccc7oc8c(-c9c%10ccccc%10c(-c%10ccc%11oc%12ccccc%12c%11c%10)c%10ccccc9%10)cc9c(c8c76)C(C)(C)c6ccccc6-9)c5)ccc4c3c2)c2ccccc12. The molecule has 0 saturated carbocycles. The zero-order valence-corrected chi connectivity index (χ0v) is 58.5. The van der Waals surface area contributed by atoms with Crippen LogP contribution in [0.1, 0.15) is 49.9 Å². The minimum atomic E-state index is -0.324. The van der Waals surface area contributed by atoms with E-state index in [4.69, 9.17) is 17.7 Å². The number of furan rings is 4. The lowest BCUT2D eigenvalue weighted by molar-refractivity contribution is 0.657. The average Bonchev–Trinajstić information content (AvgIpc) is 1.51. The number of fused-ring (bicyclic) bond motifs is 27. The smallest absolute Gasteiger partial charge is 0.143 e. The van der Waals surface area contributed by atoms with Crippen LogP contribution in [0.4, 0.5) is 0 Å². The van der Waals surface area contributed by atoms with Gasteiger partial charge in [-0.25, -0.2) is 0 Å². The molecule has 22 aromatic rings. The van der Waals surface area contributed by atoms with Gasteiger partial charge in [0.15, 0.2) is 0 Å². The first-order chi connectivity index (χ1) is 52.1. The molecule has 494 valence electrons. The van der Waals surface area contributed by atoms with E-state index in [2.05, 4.69) is 325 Å². The van der Waals surface area contributed by atoms with Gasteiger partial charge in [0.2, 0.25) is 0 Å². The Hall–Kier alpha value is -13.3. The third-order valence-corrected chi connectivity index (χ3v) is 24.6. The molecular formula is C102H62O4. The molecule has 0 unspecified atom stereocenters. The Morgan fingerprint density at radius 1 is 0.198 bits per heavy atom. The normalized spacial score (nSPS) is 13.8. The highest BCUT2D eigenvalue weighted by molar-refractivity contribution is 6.32. The van der Waals surface area contributed by atoms with Gasteiger partial charge in [0, 0.05) is 76.2 Å². The maximum atomic E-state index is 7.49. The van der Waals surface area contributed by atoms with Gasteiger partial charge in [-0.05, 0) is 215 Å². The van der Waals surface area contributed by atoms with Crippen molar-refractivity contribution in [3.8, 4) is 77.9 Å². The second-order valence-electron chi connectivity index (χ2n) is 30.7. The highest BCUT2D eigenvalue weighted by Crippen LogP contribution is 2.61. The molecule has 2 aliphatic carbocycles. The van der Waals surface area contributed by atoms with E-state index in [0.29, 0.717) is 0 Å². The predicted molar refractivity (Wildman–Crippen MR) is 443 cm³/mol. The van der Waals surface area contributed by atoms with Crippen LogP contribution < -0.4 is 0 Å². The number of hydrogen-bond acceptors (Lipinski definition) is 4. The summed E-state index contributed by atoms with van der Waals surface area (Å²) in [5.74, 6) is 0. The summed E-state index contributed by atoms with van der Waals surface area (Å²) in [6, 6.07) is 112. The van der Waals surface area contributed by atoms with E-state index in [0.717, 1.165) is 127 Å². The molecule has 4 heterocycles. The lowest BCUT2D eigenvalue weighted by Gasteiger charge is -2.23. The van der Waals surface area contributed by atoms with Crippen LogP contribution in [0.3, 0.4) is 0 Å². The van der Waals surface area contributed by atoms with Crippen molar-refractivity contribution in [3.05, 3.63) is 326 Å². The van der Waals surface area contributed by atoms with Gasteiger partial charge in [0.1, 0.15) is 44.7 Å². The fraction of sp³-hybridized carbons (Fsp3) is 0.0588. The molecule has 0 N–H and O–H groups in total. The molecule has 4 nitrogen and oxygen atoms in total. The van der Waals surface area contributed by atoms with Gasteiger partial charge in [0.25, 0.3) is 0 Å². The highest BCUT2D eigenvalue weighted by Gasteiger charge is 2.42. The molecule has 0 radical (unpaired) electrons. The van der Waals surface area contributed by atoms with Crippen molar-refractivity contribution >= 4 is 152 Å². The molecule has 4 heteroatoms. The van der Waals surface area contributed by atoms with Crippen molar-refractivity contribution in [1.82, 2.24) is 0 Å².